The van der Waals surface area contributed by atoms with Gasteiger partial charge in [-0.25, -0.2) is 4.79 Å². The Balaban J connectivity index is 1.69. The molecular formula is C24H26N8O2. The summed E-state index contributed by atoms with van der Waals surface area (Å²) in [4.78, 5) is 38.1. The maximum Gasteiger partial charge on any atom is 0.332 e. The number of fused-ring (bicyclic) bond motifs is 2. The highest BCUT2D eigenvalue weighted by atomic mass is 16.2. The molecule has 0 aliphatic carbocycles. The maximum absolute atomic E-state index is 13.6. The molecule has 2 N–H and O–H groups in total. The van der Waals surface area contributed by atoms with Gasteiger partial charge in [-0.1, -0.05) is 24.3 Å². The molecule has 0 saturated carbocycles. The van der Waals surface area contributed by atoms with Gasteiger partial charge in [-0.3, -0.25) is 18.9 Å². The molecule has 5 rings (SSSR count). The summed E-state index contributed by atoms with van der Waals surface area (Å²) in [5, 5.41) is 11.4. The second-order valence-electron chi connectivity index (χ2n) is 8.69. The zero-order valence-corrected chi connectivity index (χ0v) is 19.2. The van der Waals surface area contributed by atoms with Crippen LogP contribution < -0.4 is 21.9 Å². The second-order valence-corrected chi connectivity index (χ2v) is 8.69. The van der Waals surface area contributed by atoms with E-state index in [9.17, 15) is 14.9 Å². The van der Waals surface area contributed by atoms with E-state index >= 15 is 0 Å². The van der Waals surface area contributed by atoms with Gasteiger partial charge in [0.2, 0.25) is 5.95 Å². The molecule has 0 spiro atoms. The fourth-order valence-electron chi connectivity index (χ4n) is 4.83. The number of anilines is 1. The number of nitrogens with two attached hydrogens (primary N) is 1. The Hall–Kier alpha value is -3.97. The molecule has 174 valence electrons. The van der Waals surface area contributed by atoms with Gasteiger partial charge in [-0.2, -0.15) is 10.2 Å². The van der Waals surface area contributed by atoms with Crippen molar-refractivity contribution in [3.05, 3.63) is 62.6 Å². The van der Waals surface area contributed by atoms with Gasteiger partial charge in [0.05, 0.1) is 17.8 Å². The highest BCUT2D eigenvalue weighted by molar-refractivity contribution is 5.87. The van der Waals surface area contributed by atoms with Crippen LogP contribution in [-0.2, 0) is 20.1 Å². The number of nitrogens with zero attached hydrogens (tertiary/aromatic N) is 7. The van der Waals surface area contributed by atoms with Crippen LogP contribution in [0.5, 0.6) is 0 Å². The molecule has 1 aliphatic rings. The van der Waals surface area contributed by atoms with Gasteiger partial charge in [-0.15, -0.1) is 0 Å². The van der Waals surface area contributed by atoms with Crippen LogP contribution in [-0.4, -0.2) is 42.8 Å². The highest BCUT2D eigenvalue weighted by Crippen LogP contribution is 2.23. The summed E-state index contributed by atoms with van der Waals surface area (Å²) in [7, 11) is 1.61. The van der Waals surface area contributed by atoms with E-state index in [4.69, 9.17) is 10.7 Å². The predicted octanol–water partition coefficient (Wildman–Crippen LogP) is 1.31. The van der Waals surface area contributed by atoms with Gasteiger partial charge >= 0.3 is 5.69 Å². The van der Waals surface area contributed by atoms with E-state index in [0.717, 1.165) is 34.7 Å². The zero-order chi connectivity index (χ0) is 24.0. The van der Waals surface area contributed by atoms with E-state index in [-0.39, 0.29) is 12.6 Å². The van der Waals surface area contributed by atoms with E-state index in [1.165, 1.54) is 4.57 Å². The van der Waals surface area contributed by atoms with Crippen molar-refractivity contribution in [2.45, 2.75) is 38.9 Å². The van der Waals surface area contributed by atoms with Gasteiger partial charge in [0.25, 0.3) is 5.56 Å². The van der Waals surface area contributed by atoms with Crippen LogP contribution in [0.2, 0.25) is 0 Å². The number of aryl methyl sites for hydroxylation is 2. The molecule has 10 heteroatoms. The third-order valence-corrected chi connectivity index (χ3v) is 6.57. The molecule has 0 amide bonds. The van der Waals surface area contributed by atoms with E-state index < -0.39 is 11.2 Å². The van der Waals surface area contributed by atoms with Crippen LogP contribution in [0, 0.1) is 11.3 Å². The molecule has 1 saturated heterocycles. The van der Waals surface area contributed by atoms with E-state index in [0.29, 0.717) is 41.5 Å². The molecule has 4 aromatic rings. The predicted molar refractivity (Wildman–Crippen MR) is 130 cm³/mol. The molecule has 0 radical (unpaired) electrons. The first-order chi connectivity index (χ1) is 16.4. The summed E-state index contributed by atoms with van der Waals surface area (Å²) in [5.41, 5.74) is 6.67. The lowest BCUT2D eigenvalue weighted by Gasteiger charge is -2.31. The van der Waals surface area contributed by atoms with Crippen LogP contribution in [0.15, 0.2) is 40.1 Å². The Kier molecular flexibility index (Phi) is 5.42. The van der Waals surface area contributed by atoms with Crippen LogP contribution in [0.1, 0.15) is 31.0 Å². The van der Waals surface area contributed by atoms with Gasteiger partial charge in [0.1, 0.15) is 6.07 Å². The lowest BCUT2D eigenvalue weighted by molar-refractivity contribution is 0.494. The molecule has 34 heavy (non-hydrogen) atoms. The van der Waals surface area contributed by atoms with Crippen molar-refractivity contribution >= 4 is 27.9 Å². The minimum absolute atomic E-state index is 0.0442. The summed E-state index contributed by atoms with van der Waals surface area (Å²) in [6.07, 6.45) is 3.56. The average molecular weight is 459 g/mol. The standard InChI is InChI=1S/C24H26N8O2/c1-3-31-20-21(28-23(31)30-10-6-8-16(26)13-30)29(2)24(34)32(22(20)33)14-19-18(11-25)17-9-5-4-7-15(17)12-27-19/h4-5,7,9,12,16H,3,6,8,10,13-14,26H2,1-2H3/t16-/m1/s1. The molecule has 4 heterocycles. The number of rotatable bonds is 4. The summed E-state index contributed by atoms with van der Waals surface area (Å²) in [6, 6.07) is 9.67. The molecule has 0 unspecified atom stereocenters. The first kappa shape index (κ1) is 21.9. The third kappa shape index (κ3) is 3.36. The SMILES string of the molecule is CCn1c(N2CCC[C@@H](N)C2)nc2c1c(=O)n(Cc1ncc3ccccc3c1C#N)c(=O)n2C. The normalized spacial score (nSPS) is 16.3. The summed E-state index contributed by atoms with van der Waals surface area (Å²) in [5.74, 6) is 0.652. The molecule has 3 aromatic heterocycles. The fraction of sp³-hybridized carbons (Fsp3) is 0.375. The number of hydrogen-bond donors (Lipinski definition) is 1. The Labute approximate surface area is 195 Å². The quantitative estimate of drug-likeness (QED) is 0.488. The zero-order valence-electron chi connectivity index (χ0n) is 19.2. The molecule has 10 nitrogen and oxygen atoms in total. The number of piperidine rings is 1. The van der Waals surface area contributed by atoms with Crippen molar-refractivity contribution in [1.29, 1.82) is 5.26 Å². The smallest absolute Gasteiger partial charge is 0.332 e. The van der Waals surface area contributed by atoms with Crippen molar-refractivity contribution in [3.8, 4) is 6.07 Å². The minimum Gasteiger partial charge on any atom is -0.341 e. The number of nitriles is 1. The van der Waals surface area contributed by atoms with E-state index in [1.807, 2.05) is 35.8 Å². The molecule has 0 bridgehead atoms. The first-order valence-electron chi connectivity index (χ1n) is 11.4. The topological polar surface area (TPSA) is 128 Å². The average Bonchev–Trinajstić information content (AvgIpc) is 3.25. The maximum atomic E-state index is 13.6. The molecule has 1 fully saturated rings. The van der Waals surface area contributed by atoms with Crippen molar-refractivity contribution in [2.24, 2.45) is 12.8 Å². The fourth-order valence-corrected chi connectivity index (χ4v) is 4.83. The largest absolute Gasteiger partial charge is 0.341 e. The molecular weight excluding hydrogens is 432 g/mol. The first-order valence-corrected chi connectivity index (χ1v) is 11.4. The number of aromatic nitrogens is 5. The monoisotopic (exact) mass is 458 g/mol. The van der Waals surface area contributed by atoms with Crippen molar-refractivity contribution < 1.29 is 0 Å². The van der Waals surface area contributed by atoms with Crippen LogP contribution in [0.3, 0.4) is 0 Å². The Morgan fingerprint density at radius 1 is 1.24 bits per heavy atom. The van der Waals surface area contributed by atoms with Crippen molar-refractivity contribution in [2.75, 3.05) is 18.0 Å². The number of benzene rings is 1. The van der Waals surface area contributed by atoms with Crippen LogP contribution in [0.25, 0.3) is 21.9 Å². The number of imidazole rings is 1. The van der Waals surface area contributed by atoms with Crippen molar-refractivity contribution in [1.82, 2.24) is 23.7 Å². The van der Waals surface area contributed by atoms with Gasteiger partial charge in [0, 0.05) is 49.7 Å². The van der Waals surface area contributed by atoms with E-state index in [1.54, 1.807) is 13.2 Å². The highest BCUT2D eigenvalue weighted by Gasteiger charge is 2.26. The number of pyridine rings is 1. The molecule has 1 aliphatic heterocycles. The summed E-state index contributed by atoms with van der Waals surface area (Å²) >= 11 is 0. The Morgan fingerprint density at radius 2 is 2.03 bits per heavy atom. The number of hydrogen-bond acceptors (Lipinski definition) is 7. The minimum atomic E-state index is -0.501. The lowest BCUT2D eigenvalue weighted by atomic mass is 10.1. The van der Waals surface area contributed by atoms with Crippen molar-refractivity contribution in [3.63, 3.8) is 0 Å². The van der Waals surface area contributed by atoms with Crippen LogP contribution >= 0.6 is 0 Å². The Bertz CT molecular complexity index is 1570. The molecule has 1 aromatic carbocycles. The molecule has 1 atom stereocenters. The van der Waals surface area contributed by atoms with Gasteiger partial charge in [-0.05, 0) is 19.8 Å². The third-order valence-electron chi connectivity index (χ3n) is 6.57. The van der Waals surface area contributed by atoms with Gasteiger partial charge < -0.3 is 15.2 Å². The lowest BCUT2D eigenvalue weighted by Crippen LogP contribution is -2.44. The summed E-state index contributed by atoms with van der Waals surface area (Å²) < 4.78 is 4.38. The Morgan fingerprint density at radius 3 is 2.76 bits per heavy atom. The second kappa shape index (κ2) is 8.43. The van der Waals surface area contributed by atoms with E-state index in [2.05, 4.69) is 16.0 Å². The van der Waals surface area contributed by atoms with Gasteiger partial charge in [0.15, 0.2) is 11.2 Å². The van der Waals surface area contributed by atoms with Crippen LogP contribution in [0.4, 0.5) is 5.95 Å². The summed E-state index contributed by atoms with van der Waals surface area (Å²) in [6.45, 7) is 3.81.